The zero-order valence-electron chi connectivity index (χ0n) is 14.5. The van der Waals surface area contributed by atoms with Crippen LogP contribution in [0.15, 0.2) is 29.3 Å². The van der Waals surface area contributed by atoms with E-state index in [1.807, 2.05) is 0 Å². The molecule has 1 heterocycles. The van der Waals surface area contributed by atoms with Crippen molar-refractivity contribution in [1.29, 1.82) is 0 Å². The molecule has 0 aliphatic carbocycles. The number of thioether (sulfide) groups is 1. The minimum absolute atomic E-state index is 0.345. The highest BCUT2D eigenvalue weighted by atomic mass is 32.2. The van der Waals surface area contributed by atoms with Gasteiger partial charge >= 0.3 is 0 Å². The van der Waals surface area contributed by atoms with Crippen molar-refractivity contribution < 1.29 is 4.74 Å². The van der Waals surface area contributed by atoms with E-state index in [0.717, 1.165) is 19.0 Å². The van der Waals surface area contributed by atoms with Gasteiger partial charge in [0.15, 0.2) is 5.96 Å². The van der Waals surface area contributed by atoms with Crippen molar-refractivity contribution in [2.75, 3.05) is 26.0 Å². The average Bonchev–Trinajstić information content (AvgIpc) is 2.99. The second-order valence-corrected chi connectivity index (χ2v) is 7.88. The normalized spacial score (nSPS) is 21.4. The number of hydrogen-bond acceptors (Lipinski definition) is 3. The Morgan fingerprint density at radius 3 is 2.61 bits per heavy atom. The van der Waals surface area contributed by atoms with Gasteiger partial charge in [0.2, 0.25) is 0 Å². The number of guanidine groups is 1. The van der Waals surface area contributed by atoms with Crippen molar-refractivity contribution in [3.63, 3.8) is 0 Å². The van der Waals surface area contributed by atoms with Crippen LogP contribution in [0.2, 0.25) is 0 Å². The van der Waals surface area contributed by atoms with E-state index >= 15 is 0 Å². The molecule has 0 spiro atoms. The lowest BCUT2D eigenvalue weighted by atomic mass is 10.1. The Kier molecular flexibility index (Phi) is 7.24. The van der Waals surface area contributed by atoms with Crippen LogP contribution in [0.1, 0.15) is 37.8 Å². The monoisotopic (exact) mass is 335 g/mol. The fourth-order valence-electron chi connectivity index (χ4n) is 2.67. The van der Waals surface area contributed by atoms with Gasteiger partial charge in [0.25, 0.3) is 0 Å². The number of ether oxygens (including phenoxy) is 1. The Bertz CT molecular complexity index is 495. The molecule has 1 aliphatic heterocycles. The lowest BCUT2D eigenvalue weighted by Crippen LogP contribution is -2.43. The summed E-state index contributed by atoms with van der Waals surface area (Å²) < 4.78 is 5.48. The second-order valence-electron chi connectivity index (χ2n) is 6.20. The van der Waals surface area contributed by atoms with Gasteiger partial charge in [-0.25, -0.2) is 4.99 Å². The predicted octanol–water partition coefficient (Wildman–Crippen LogP) is 3.17. The molecule has 2 N–H and O–H groups in total. The van der Waals surface area contributed by atoms with E-state index in [2.05, 4.69) is 60.5 Å². The number of nitrogens with zero attached hydrogens (tertiary/aromatic N) is 1. The predicted molar refractivity (Wildman–Crippen MR) is 100 cm³/mol. The molecule has 1 aromatic carbocycles. The number of aliphatic imine (C=N–C) groups is 1. The van der Waals surface area contributed by atoms with Crippen LogP contribution in [0.5, 0.6) is 0 Å². The summed E-state index contributed by atoms with van der Waals surface area (Å²) >= 11 is 2.07. The maximum absolute atomic E-state index is 5.14. The zero-order chi connectivity index (χ0) is 16.5. The molecule has 1 saturated heterocycles. The van der Waals surface area contributed by atoms with Crippen LogP contribution in [0.25, 0.3) is 0 Å². The van der Waals surface area contributed by atoms with Crippen molar-refractivity contribution >= 4 is 17.7 Å². The lowest BCUT2D eigenvalue weighted by molar-refractivity contribution is 0.185. The molecular formula is C18H29N3OS. The van der Waals surface area contributed by atoms with Gasteiger partial charge < -0.3 is 15.4 Å². The number of rotatable bonds is 7. The van der Waals surface area contributed by atoms with Crippen LogP contribution in [-0.4, -0.2) is 36.7 Å². The van der Waals surface area contributed by atoms with Crippen LogP contribution in [0, 0.1) is 0 Å². The van der Waals surface area contributed by atoms with Crippen LogP contribution in [0.4, 0.5) is 0 Å². The summed E-state index contributed by atoms with van der Waals surface area (Å²) in [4.78, 5) is 4.71. The molecule has 2 rings (SSSR count). The third-order valence-corrected chi connectivity index (χ3v) is 5.57. The molecule has 23 heavy (non-hydrogen) atoms. The Labute approximate surface area is 144 Å². The molecule has 5 heteroatoms. The van der Waals surface area contributed by atoms with E-state index in [-0.39, 0.29) is 0 Å². The summed E-state index contributed by atoms with van der Waals surface area (Å²) in [5.41, 5.74) is 2.40. The van der Waals surface area contributed by atoms with Crippen LogP contribution >= 0.6 is 11.8 Å². The molecular weight excluding hydrogens is 306 g/mol. The molecule has 0 saturated carbocycles. The molecule has 1 aliphatic rings. The summed E-state index contributed by atoms with van der Waals surface area (Å²) in [6, 6.07) is 8.45. The second kappa shape index (κ2) is 9.18. The molecule has 1 aromatic rings. The molecule has 0 amide bonds. The molecule has 1 atom stereocenters. The summed E-state index contributed by atoms with van der Waals surface area (Å²) in [6.45, 7) is 7.63. The van der Waals surface area contributed by atoms with Crippen molar-refractivity contribution in [3.8, 4) is 0 Å². The Hall–Kier alpha value is -1.20. The summed E-state index contributed by atoms with van der Waals surface area (Å²) in [5.74, 6) is 2.18. The Morgan fingerprint density at radius 1 is 1.26 bits per heavy atom. The first-order chi connectivity index (χ1) is 11.1. The standard InChI is InChI=1S/C18H29N3OS/c1-4-19-17(21-14-18(2)10-5-11-23-18)20-12-15-6-8-16(9-7-15)13-22-3/h6-9H,4-5,10-14H2,1-3H3,(H2,19,20,21). The van der Waals surface area contributed by atoms with Crippen LogP contribution in [0.3, 0.4) is 0 Å². The maximum atomic E-state index is 5.14. The average molecular weight is 336 g/mol. The molecule has 0 aromatic heterocycles. The minimum Gasteiger partial charge on any atom is -0.380 e. The van der Waals surface area contributed by atoms with Gasteiger partial charge in [-0.05, 0) is 43.6 Å². The van der Waals surface area contributed by atoms with Crippen LogP contribution in [-0.2, 0) is 17.9 Å². The van der Waals surface area contributed by atoms with Gasteiger partial charge in [0.05, 0.1) is 13.2 Å². The van der Waals surface area contributed by atoms with Crippen molar-refractivity contribution in [2.24, 2.45) is 4.99 Å². The quantitative estimate of drug-likeness (QED) is 0.593. The topological polar surface area (TPSA) is 45.7 Å². The van der Waals surface area contributed by atoms with Gasteiger partial charge in [-0.15, -0.1) is 0 Å². The summed E-state index contributed by atoms with van der Waals surface area (Å²) in [6.07, 6.45) is 2.61. The third kappa shape index (κ3) is 6.07. The van der Waals surface area contributed by atoms with E-state index in [1.54, 1.807) is 7.11 Å². The van der Waals surface area contributed by atoms with Gasteiger partial charge in [-0.1, -0.05) is 24.3 Å². The van der Waals surface area contributed by atoms with E-state index in [1.165, 1.54) is 29.7 Å². The first-order valence-corrected chi connectivity index (χ1v) is 9.36. The van der Waals surface area contributed by atoms with E-state index in [9.17, 15) is 0 Å². The number of methoxy groups -OCH3 is 1. The lowest BCUT2D eigenvalue weighted by Gasteiger charge is -2.24. The Morgan fingerprint density at radius 2 is 2.00 bits per heavy atom. The molecule has 1 fully saturated rings. The SMILES string of the molecule is CCNC(=NCc1ccc(COC)cc1)NCC1(C)CCCS1. The van der Waals surface area contributed by atoms with Crippen molar-refractivity contribution in [3.05, 3.63) is 35.4 Å². The van der Waals surface area contributed by atoms with E-state index < -0.39 is 0 Å². The summed E-state index contributed by atoms with van der Waals surface area (Å²) in [5, 5.41) is 6.84. The smallest absolute Gasteiger partial charge is 0.191 e. The highest BCUT2D eigenvalue weighted by Gasteiger charge is 2.29. The molecule has 4 nitrogen and oxygen atoms in total. The van der Waals surface area contributed by atoms with Crippen molar-refractivity contribution in [2.45, 2.75) is 44.6 Å². The fourth-order valence-corrected chi connectivity index (χ4v) is 3.91. The molecule has 1 unspecified atom stereocenters. The zero-order valence-corrected chi connectivity index (χ0v) is 15.3. The molecule has 0 radical (unpaired) electrons. The van der Waals surface area contributed by atoms with Gasteiger partial charge in [-0.2, -0.15) is 11.8 Å². The van der Waals surface area contributed by atoms with E-state index in [0.29, 0.717) is 17.9 Å². The molecule has 128 valence electrons. The highest BCUT2D eigenvalue weighted by molar-refractivity contribution is 8.00. The largest absolute Gasteiger partial charge is 0.380 e. The Balaban J connectivity index is 1.89. The van der Waals surface area contributed by atoms with Gasteiger partial charge in [0, 0.05) is 24.9 Å². The van der Waals surface area contributed by atoms with Gasteiger partial charge in [0.1, 0.15) is 0 Å². The van der Waals surface area contributed by atoms with E-state index in [4.69, 9.17) is 9.73 Å². The number of benzene rings is 1. The number of hydrogen-bond donors (Lipinski definition) is 2. The number of nitrogens with one attached hydrogen (secondary N) is 2. The van der Waals surface area contributed by atoms with Crippen LogP contribution < -0.4 is 10.6 Å². The maximum Gasteiger partial charge on any atom is 0.191 e. The third-order valence-electron chi connectivity index (χ3n) is 4.03. The first-order valence-electron chi connectivity index (χ1n) is 8.38. The highest BCUT2D eigenvalue weighted by Crippen LogP contribution is 2.36. The minimum atomic E-state index is 0.345. The van der Waals surface area contributed by atoms with Crippen molar-refractivity contribution in [1.82, 2.24) is 10.6 Å². The van der Waals surface area contributed by atoms with Gasteiger partial charge in [-0.3, -0.25) is 0 Å². The first kappa shape index (κ1) is 18.1. The summed E-state index contributed by atoms with van der Waals surface area (Å²) in [7, 11) is 1.72. The fraction of sp³-hybridized carbons (Fsp3) is 0.611. The molecule has 0 bridgehead atoms.